The molecule has 0 radical (unpaired) electrons. The van der Waals surface area contributed by atoms with E-state index in [0.29, 0.717) is 18.2 Å². The second-order valence-electron chi connectivity index (χ2n) is 7.35. The summed E-state index contributed by atoms with van der Waals surface area (Å²) in [5, 5.41) is 1.27. The minimum atomic E-state index is 0.533. The molecule has 0 unspecified atom stereocenters. The van der Waals surface area contributed by atoms with Crippen LogP contribution in [0.1, 0.15) is 24.6 Å². The molecule has 0 saturated carbocycles. The van der Waals surface area contributed by atoms with Gasteiger partial charge in [-0.25, -0.2) is 9.97 Å². The normalized spacial score (nSPS) is 13.1. The number of hydrogen-bond donors (Lipinski definition) is 0. The summed E-state index contributed by atoms with van der Waals surface area (Å²) < 4.78 is 13.4. The summed E-state index contributed by atoms with van der Waals surface area (Å²) in [7, 11) is 0. The Hall–Kier alpha value is -2.51. The van der Waals surface area contributed by atoms with Crippen molar-refractivity contribution in [3.8, 4) is 46.4 Å². The number of ether oxygens (including phenoxy) is 2. The molecule has 6 rings (SSSR count). The van der Waals surface area contributed by atoms with E-state index in [9.17, 15) is 4.79 Å². The van der Waals surface area contributed by atoms with Crippen LogP contribution in [0.25, 0.3) is 22.5 Å². The maximum absolute atomic E-state index is 10.8. The van der Waals surface area contributed by atoms with Gasteiger partial charge in [-0.3, -0.25) is 4.79 Å². The summed E-state index contributed by atoms with van der Waals surface area (Å²) in [4.78, 5) is 22.0. The molecule has 4 aromatic rings. The molecule has 0 aliphatic carbocycles. The van der Waals surface area contributed by atoms with Crippen LogP contribution in [-0.2, 0) is 12.8 Å². The molecule has 0 atom stereocenters. The van der Waals surface area contributed by atoms with Gasteiger partial charge < -0.3 is 9.47 Å². The lowest BCUT2D eigenvalue weighted by molar-refractivity contribution is 0.112. The highest BCUT2D eigenvalue weighted by molar-refractivity contribution is 9.10. The van der Waals surface area contributed by atoms with Crippen LogP contribution in [0.5, 0.6) is 11.5 Å². The summed E-state index contributed by atoms with van der Waals surface area (Å²) in [6, 6.07) is 11.8. The number of hydrogen-bond acceptors (Lipinski definition) is 7. The number of nitrogens with zero attached hydrogens (tertiary/aromatic N) is 2. The van der Waals surface area contributed by atoms with Gasteiger partial charge >= 0.3 is 0 Å². The van der Waals surface area contributed by atoms with Gasteiger partial charge in [0, 0.05) is 42.7 Å². The Morgan fingerprint density at radius 2 is 1.44 bits per heavy atom. The van der Waals surface area contributed by atoms with Gasteiger partial charge in [0.05, 0.1) is 24.6 Å². The van der Waals surface area contributed by atoms with Crippen LogP contribution in [0.4, 0.5) is 0 Å². The van der Waals surface area contributed by atoms with E-state index in [-0.39, 0.29) is 0 Å². The number of rotatable bonds is 1. The van der Waals surface area contributed by atoms with Crippen molar-refractivity contribution in [3.63, 3.8) is 0 Å². The Morgan fingerprint density at radius 1 is 0.882 bits per heavy atom. The molecule has 2 aromatic carbocycles. The number of terminal acetylenes is 1. The van der Waals surface area contributed by atoms with Gasteiger partial charge in [0.15, 0.2) is 16.3 Å². The minimum Gasteiger partial charge on any atom is -0.492 e. The topological polar surface area (TPSA) is 61.3 Å². The molecule has 34 heavy (non-hydrogen) atoms. The molecule has 0 amide bonds. The first-order chi connectivity index (χ1) is 16.6. The average Bonchev–Trinajstić information content (AvgIpc) is 3.35. The number of benzene rings is 2. The molecule has 2 aromatic heterocycles. The molecule has 5 nitrogen and oxygen atoms in total. The van der Waals surface area contributed by atoms with E-state index >= 15 is 0 Å². The van der Waals surface area contributed by atoms with Crippen LogP contribution in [0, 0.1) is 12.3 Å². The highest BCUT2D eigenvalue weighted by atomic mass is 79.9. The zero-order valence-corrected chi connectivity index (χ0v) is 22.4. The Morgan fingerprint density at radius 3 is 2.00 bits per heavy atom. The second-order valence-corrected chi connectivity index (χ2v) is 11.4. The number of aromatic nitrogens is 2. The predicted molar refractivity (Wildman–Crippen MR) is 142 cm³/mol. The third kappa shape index (κ3) is 4.68. The van der Waals surface area contributed by atoms with Crippen LogP contribution in [0.3, 0.4) is 0 Å². The van der Waals surface area contributed by atoms with E-state index in [1.165, 1.54) is 16.2 Å². The summed E-state index contributed by atoms with van der Waals surface area (Å²) >= 11 is 9.89. The smallest absolute Gasteiger partial charge is 0.178 e. The van der Waals surface area contributed by atoms with Gasteiger partial charge in [-0.1, -0.05) is 31.9 Å². The predicted octanol–water partition coefficient (Wildman–Crippen LogP) is 6.81. The number of fused-ring (bicyclic) bond motifs is 6. The van der Waals surface area contributed by atoms with Crippen molar-refractivity contribution >= 4 is 60.8 Å². The number of aldehydes is 1. The molecule has 2 aliphatic heterocycles. The van der Waals surface area contributed by atoms with E-state index in [1.54, 1.807) is 11.3 Å². The maximum Gasteiger partial charge on any atom is 0.178 e. The minimum absolute atomic E-state index is 0.533. The van der Waals surface area contributed by atoms with Crippen LogP contribution in [0.15, 0.2) is 45.3 Å². The molecule has 9 heteroatoms. The molecule has 0 saturated heterocycles. The highest BCUT2D eigenvalue weighted by Crippen LogP contribution is 2.39. The van der Waals surface area contributed by atoms with Crippen LogP contribution in [-0.4, -0.2) is 29.5 Å². The molecular weight excluding hydrogens is 600 g/mol. The van der Waals surface area contributed by atoms with Crippen molar-refractivity contribution in [2.75, 3.05) is 13.2 Å². The summed E-state index contributed by atoms with van der Waals surface area (Å²) in [5.74, 6) is 4.29. The van der Waals surface area contributed by atoms with Crippen LogP contribution in [0.2, 0.25) is 0 Å². The molecular formula is C25H16Br2N2O3S2. The quantitative estimate of drug-likeness (QED) is 0.174. The van der Waals surface area contributed by atoms with E-state index in [4.69, 9.17) is 15.9 Å². The van der Waals surface area contributed by atoms with Gasteiger partial charge in [0.2, 0.25) is 0 Å². The third-order valence-electron chi connectivity index (χ3n) is 5.21. The lowest BCUT2D eigenvalue weighted by Crippen LogP contribution is -1.97. The largest absolute Gasteiger partial charge is 0.492 e. The van der Waals surface area contributed by atoms with E-state index < -0.39 is 0 Å². The van der Waals surface area contributed by atoms with Crippen LogP contribution < -0.4 is 9.47 Å². The SMILES string of the molecule is C#Cc1nc2c(s1)CCOc1cc(Br)ccc1-2.O=Cc1nc2c(s1)CCOc1cc(Br)ccc1-2. The molecule has 0 fully saturated rings. The highest BCUT2D eigenvalue weighted by Gasteiger charge is 2.21. The number of thiazole rings is 2. The lowest BCUT2D eigenvalue weighted by Gasteiger charge is -2.06. The maximum atomic E-state index is 10.8. The van der Waals surface area contributed by atoms with Crippen LogP contribution >= 0.6 is 54.5 Å². The van der Waals surface area contributed by atoms with Crippen molar-refractivity contribution in [1.82, 2.24) is 9.97 Å². The van der Waals surface area contributed by atoms with Crippen molar-refractivity contribution in [2.24, 2.45) is 0 Å². The fraction of sp³-hybridized carbons (Fsp3) is 0.160. The molecule has 0 spiro atoms. The first-order valence-corrected chi connectivity index (χ1v) is 13.5. The van der Waals surface area contributed by atoms with Gasteiger partial charge in [0.25, 0.3) is 0 Å². The van der Waals surface area contributed by atoms with Crippen molar-refractivity contribution in [3.05, 3.63) is 65.1 Å². The summed E-state index contributed by atoms with van der Waals surface area (Å²) in [6.07, 6.45) is 7.87. The van der Waals surface area contributed by atoms with Gasteiger partial charge in [-0.2, -0.15) is 0 Å². The van der Waals surface area contributed by atoms with Crippen molar-refractivity contribution in [2.45, 2.75) is 12.8 Å². The Balaban J connectivity index is 0.000000142. The Bertz CT molecular complexity index is 1440. The van der Waals surface area contributed by atoms with Gasteiger partial charge in [0.1, 0.15) is 11.5 Å². The zero-order valence-electron chi connectivity index (χ0n) is 17.6. The van der Waals surface area contributed by atoms with Crippen molar-refractivity contribution in [1.29, 1.82) is 0 Å². The molecule has 2 aliphatic rings. The molecule has 170 valence electrons. The molecule has 0 bridgehead atoms. The average molecular weight is 616 g/mol. The summed E-state index contributed by atoms with van der Waals surface area (Å²) in [6.45, 7) is 1.29. The second kappa shape index (κ2) is 10.0. The number of carbonyl (C=O) groups excluding carboxylic acids is 1. The molecule has 0 N–H and O–H groups in total. The standard InChI is InChI=1S/C13H8BrNOS.C12H8BrNO2S/c1-2-12-15-13-9-4-3-8(14)7-10(9)16-6-5-11(13)17-12;13-7-1-2-8-9(5-7)16-4-3-10-12(8)14-11(6-15)17-10/h1,3-4,7H,5-6H2;1-2,5-6H,3-4H2. The van der Waals surface area contributed by atoms with E-state index in [1.807, 2.05) is 36.4 Å². The van der Waals surface area contributed by atoms with E-state index in [2.05, 4.69) is 47.7 Å². The van der Waals surface area contributed by atoms with Gasteiger partial charge in [-0.15, -0.1) is 29.1 Å². The van der Waals surface area contributed by atoms with Crippen molar-refractivity contribution < 1.29 is 14.3 Å². The fourth-order valence-corrected chi connectivity index (χ4v) is 6.15. The van der Waals surface area contributed by atoms with Gasteiger partial charge in [-0.05, 0) is 42.3 Å². The fourth-order valence-electron chi connectivity index (χ4n) is 3.72. The lowest BCUT2D eigenvalue weighted by atomic mass is 10.1. The first-order valence-electron chi connectivity index (χ1n) is 10.3. The number of carbonyl (C=O) groups is 1. The Labute approximate surface area is 221 Å². The summed E-state index contributed by atoms with van der Waals surface area (Å²) in [5.41, 5.74) is 3.85. The monoisotopic (exact) mass is 614 g/mol. The van der Waals surface area contributed by atoms with E-state index in [0.717, 1.165) is 72.0 Å². The zero-order chi connectivity index (χ0) is 23.7. The first kappa shape index (κ1) is 23.2. The molecule has 4 heterocycles. The number of halogens is 2. The Kier molecular flexibility index (Phi) is 6.84. The third-order valence-corrected chi connectivity index (χ3v) is 8.28.